The Morgan fingerprint density at radius 2 is 1.81 bits per heavy atom. The highest BCUT2D eigenvalue weighted by atomic mass is 16.4. The number of hydrogen-bond acceptors (Lipinski definition) is 3. The Labute approximate surface area is 96.4 Å². The van der Waals surface area contributed by atoms with E-state index in [-0.39, 0.29) is 11.8 Å². The Bertz CT molecular complexity index is 254. The van der Waals surface area contributed by atoms with Gasteiger partial charge in [-0.2, -0.15) is 0 Å². The lowest BCUT2D eigenvalue weighted by Crippen LogP contribution is -2.52. The molecule has 0 aromatic heterocycles. The van der Waals surface area contributed by atoms with Crippen molar-refractivity contribution in [3.05, 3.63) is 0 Å². The normalized spacial score (nSPS) is 16.6. The van der Waals surface area contributed by atoms with E-state index in [9.17, 15) is 9.59 Å². The van der Waals surface area contributed by atoms with Gasteiger partial charge in [-0.15, -0.1) is 0 Å². The summed E-state index contributed by atoms with van der Waals surface area (Å²) in [6, 6.07) is -1.52. The van der Waals surface area contributed by atoms with Crippen LogP contribution in [-0.2, 0) is 9.59 Å². The third kappa shape index (κ3) is 4.18. The van der Waals surface area contributed by atoms with Gasteiger partial charge < -0.3 is 16.2 Å². The number of nitrogens with two attached hydrogens (primary N) is 1. The van der Waals surface area contributed by atoms with Crippen LogP contribution in [0.2, 0.25) is 0 Å². The topological polar surface area (TPSA) is 92.4 Å². The fraction of sp³-hybridized carbons (Fsp3) is 0.818. The minimum absolute atomic E-state index is 0.00798. The van der Waals surface area contributed by atoms with Crippen LogP contribution in [-0.4, -0.2) is 29.1 Å². The zero-order valence-corrected chi connectivity index (χ0v) is 10.4. The summed E-state index contributed by atoms with van der Waals surface area (Å²) in [5, 5.41) is 11.5. The Morgan fingerprint density at radius 3 is 2.12 bits per heavy atom. The van der Waals surface area contributed by atoms with Crippen molar-refractivity contribution < 1.29 is 14.7 Å². The van der Waals surface area contributed by atoms with Crippen molar-refractivity contribution in [2.24, 2.45) is 17.6 Å². The summed E-state index contributed by atoms with van der Waals surface area (Å²) in [6.45, 7) is 7.32. The lowest BCUT2D eigenvalue weighted by molar-refractivity contribution is -0.143. The fourth-order valence-electron chi connectivity index (χ4n) is 1.24. The van der Waals surface area contributed by atoms with Crippen LogP contribution in [0.1, 0.15) is 34.1 Å². The standard InChI is InChI=1S/C11H22N2O3/c1-5-7(4)9(11(15)16)13-10(14)8(12)6(2)3/h6-9H,5,12H2,1-4H3,(H,13,14)(H,15,16)/t7?,8?,9-/m0/s1. The molecule has 0 fully saturated rings. The van der Waals surface area contributed by atoms with E-state index in [4.69, 9.17) is 10.8 Å². The van der Waals surface area contributed by atoms with Gasteiger partial charge in [0.15, 0.2) is 0 Å². The fourth-order valence-corrected chi connectivity index (χ4v) is 1.24. The molecule has 2 unspecified atom stereocenters. The maximum atomic E-state index is 11.6. The first kappa shape index (κ1) is 14.9. The molecule has 0 aromatic carbocycles. The molecule has 5 heteroatoms. The first-order chi connectivity index (χ1) is 7.31. The summed E-state index contributed by atoms with van der Waals surface area (Å²) < 4.78 is 0. The van der Waals surface area contributed by atoms with Crippen LogP contribution < -0.4 is 11.1 Å². The maximum Gasteiger partial charge on any atom is 0.326 e. The molecule has 1 amide bonds. The molecule has 0 rings (SSSR count). The SMILES string of the molecule is CCC(C)[C@H](NC(=O)C(N)C(C)C)C(=O)O. The van der Waals surface area contributed by atoms with E-state index in [1.54, 1.807) is 6.92 Å². The molecule has 0 aromatic rings. The molecule has 4 N–H and O–H groups in total. The molecule has 0 aliphatic heterocycles. The molecule has 3 atom stereocenters. The maximum absolute atomic E-state index is 11.6. The van der Waals surface area contributed by atoms with Crippen molar-refractivity contribution in [2.75, 3.05) is 0 Å². The molecule has 5 nitrogen and oxygen atoms in total. The highest BCUT2D eigenvalue weighted by molar-refractivity contribution is 5.87. The van der Waals surface area contributed by atoms with Gasteiger partial charge >= 0.3 is 5.97 Å². The smallest absolute Gasteiger partial charge is 0.326 e. The van der Waals surface area contributed by atoms with Gasteiger partial charge in [0, 0.05) is 0 Å². The predicted octanol–water partition coefficient (Wildman–Crippen LogP) is 0.585. The van der Waals surface area contributed by atoms with Gasteiger partial charge in [0.1, 0.15) is 6.04 Å². The third-order valence-corrected chi connectivity index (χ3v) is 2.80. The van der Waals surface area contributed by atoms with Crippen LogP contribution in [0.15, 0.2) is 0 Å². The van der Waals surface area contributed by atoms with E-state index in [1.165, 1.54) is 0 Å². The Hall–Kier alpha value is -1.10. The monoisotopic (exact) mass is 230 g/mol. The lowest BCUT2D eigenvalue weighted by atomic mass is 9.97. The predicted molar refractivity (Wildman–Crippen MR) is 61.8 cm³/mol. The van der Waals surface area contributed by atoms with Gasteiger partial charge in [0.05, 0.1) is 6.04 Å². The zero-order chi connectivity index (χ0) is 12.9. The van der Waals surface area contributed by atoms with Crippen molar-refractivity contribution in [2.45, 2.75) is 46.2 Å². The van der Waals surface area contributed by atoms with Crippen molar-refractivity contribution in [1.29, 1.82) is 0 Å². The van der Waals surface area contributed by atoms with E-state index in [2.05, 4.69) is 5.32 Å². The summed E-state index contributed by atoms with van der Waals surface area (Å²) in [7, 11) is 0. The number of carbonyl (C=O) groups excluding carboxylic acids is 1. The van der Waals surface area contributed by atoms with Gasteiger partial charge in [0.2, 0.25) is 5.91 Å². The van der Waals surface area contributed by atoms with Crippen LogP contribution in [0.4, 0.5) is 0 Å². The quantitative estimate of drug-likeness (QED) is 0.622. The number of carbonyl (C=O) groups is 2. The summed E-state index contributed by atoms with van der Waals surface area (Å²) in [5.74, 6) is -1.53. The number of aliphatic carboxylic acids is 1. The Kier molecular flexibility index (Phi) is 6.03. The van der Waals surface area contributed by atoms with Crippen molar-refractivity contribution in [3.8, 4) is 0 Å². The average molecular weight is 230 g/mol. The van der Waals surface area contributed by atoms with Crippen LogP contribution in [0.3, 0.4) is 0 Å². The summed E-state index contributed by atoms with van der Waals surface area (Å²) in [4.78, 5) is 22.6. The second-order valence-electron chi connectivity index (χ2n) is 4.48. The van der Waals surface area contributed by atoms with Crippen molar-refractivity contribution >= 4 is 11.9 Å². The molecule has 0 saturated heterocycles. The lowest BCUT2D eigenvalue weighted by Gasteiger charge is -2.23. The van der Waals surface area contributed by atoms with Crippen LogP contribution >= 0.6 is 0 Å². The second kappa shape index (κ2) is 6.48. The number of amides is 1. The molecule has 0 saturated carbocycles. The molecule has 94 valence electrons. The minimum Gasteiger partial charge on any atom is -0.480 e. The highest BCUT2D eigenvalue weighted by Gasteiger charge is 2.28. The molecular weight excluding hydrogens is 208 g/mol. The molecule has 0 heterocycles. The molecule has 0 radical (unpaired) electrons. The first-order valence-electron chi connectivity index (χ1n) is 5.60. The van der Waals surface area contributed by atoms with Gasteiger partial charge in [-0.1, -0.05) is 34.1 Å². The first-order valence-corrected chi connectivity index (χ1v) is 5.60. The summed E-state index contributed by atoms with van der Waals surface area (Å²) in [5.41, 5.74) is 5.65. The number of hydrogen-bond donors (Lipinski definition) is 3. The second-order valence-corrected chi connectivity index (χ2v) is 4.48. The van der Waals surface area contributed by atoms with Gasteiger partial charge in [-0.3, -0.25) is 4.79 Å². The van der Waals surface area contributed by atoms with Gasteiger partial charge in [-0.05, 0) is 11.8 Å². The van der Waals surface area contributed by atoms with Crippen molar-refractivity contribution in [3.63, 3.8) is 0 Å². The van der Waals surface area contributed by atoms with Crippen molar-refractivity contribution in [1.82, 2.24) is 5.32 Å². The van der Waals surface area contributed by atoms with E-state index in [0.717, 1.165) is 0 Å². The molecule has 0 bridgehead atoms. The van der Waals surface area contributed by atoms with Crippen LogP contribution in [0.5, 0.6) is 0 Å². The number of carboxylic acids is 1. The Balaban J connectivity index is 4.52. The van der Waals surface area contributed by atoms with Gasteiger partial charge in [-0.25, -0.2) is 4.79 Å². The number of nitrogens with one attached hydrogen (secondary N) is 1. The minimum atomic E-state index is -1.02. The highest BCUT2D eigenvalue weighted by Crippen LogP contribution is 2.09. The molecule has 0 aliphatic rings. The summed E-state index contributed by atoms with van der Waals surface area (Å²) >= 11 is 0. The molecular formula is C11H22N2O3. The zero-order valence-electron chi connectivity index (χ0n) is 10.4. The number of carboxylic acid groups (broad SMARTS) is 1. The Morgan fingerprint density at radius 1 is 1.31 bits per heavy atom. The largest absolute Gasteiger partial charge is 0.480 e. The van der Waals surface area contributed by atoms with E-state index < -0.39 is 24.0 Å². The summed E-state index contributed by atoms with van der Waals surface area (Å²) in [6.07, 6.45) is 0.689. The van der Waals surface area contributed by atoms with E-state index in [1.807, 2.05) is 20.8 Å². The van der Waals surface area contributed by atoms with Crippen LogP contribution in [0, 0.1) is 11.8 Å². The van der Waals surface area contributed by atoms with Crippen LogP contribution in [0.25, 0.3) is 0 Å². The average Bonchev–Trinajstić information content (AvgIpc) is 2.22. The molecule has 16 heavy (non-hydrogen) atoms. The molecule has 0 spiro atoms. The van der Waals surface area contributed by atoms with E-state index >= 15 is 0 Å². The van der Waals surface area contributed by atoms with E-state index in [0.29, 0.717) is 6.42 Å². The molecule has 0 aliphatic carbocycles. The van der Waals surface area contributed by atoms with Gasteiger partial charge in [0.25, 0.3) is 0 Å². The third-order valence-electron chi connectivity index (χ3n) is 2.80. The number of rotatable bonds is 6.